The first-order valence-electron chi connectivity index (χ1n) is 8.00. The molecule has 1 aliphatic rings. The molecule has 0 fully saturated rings. The van der Waals surface area contributed by atoms with Crippen LogP contribution in [0, 0.1) is 11.3 Å². The summed E-state index contributed by atoms with van der Waals surface area (Å²) >= 11 is 0. The number of rotatable bonds is 8. The molecule has 22 heavy (non-hydrogen) atoms. The number of carboxylic acids is 2. The lowest BCUT2D eigenvalue weighted by molar-refractivity contribution is -0.140. The smallest absolute Gasteiger partial charge is 0.343 e. The van der Waals surface area contributed by atoms with E-state index in [1.165, 1.54) is 0 Å². The summed E-state index contributed by atoms with van der Waals surface area (Å²) in [6.45, 7) is 5.98. The summed E-state index contributed by atoms with van der Waals surface area (Å²) in [6.07, 6.45) is 11.9. The lowest BCUT2D eigenvalue weighted by atomic mass is 9.62. The first kappa shape index (κ1) is 18.2. The van der Waals surface area contributed by atoms with Crippen molar-refractivity contribution in [3.8, 4) is 0 Å². The zero-order valence-corrected chi connectivity index (χ0v) is 13.6. The van der Waals surface area contributed by atoms with Crippen LogP contribution in [0.4, 0.5) is 0 Å². The van der Waals surface area contributed by atoms with Crippen molar-refractivity contribution in [3.63, 3.8) is 0 Å². The summed E-state index contributed by atoms with van der Waals surface area (Å²) in [5, 5.41) is 18.8. The highest BCUT2D eigenvalue weighted by molar-refractivity contribution is 6.13. The maximum Gasteiger partial charge on any atom is 0.343 e. The van der Waals surface area contributed by atoms with E-state index in [1.807, 2.05) is 25.2 Å². The Hall–Kier alpha value is -1.84. The summed E-state index contributed by atoms with van der Waals surface area (Å²) in [7, 11) is 0. The molecule has 0 heterocycles. The summed E-state index contributed by atoms with van der Waals surface area (Å²) in [4.78, 5) is 23.0. The quantitative estimate of drug-likeness (QED) is 0.400. The molecule has 1 aliphatic carbocycles. The lowest BCUT2D eigenvalue weighted by Crippen LogP contribution is -2.34. The third-order valence-electron chi connectivity index (χ3n) is 4.54. The van der Waals surface area contributed by atoms with E-state index in [2.05, 4.69) is 19.9 Å². The van der Waals surface area contributed by atoms with Crippen molar-refractivity contribution in [3.05, 3.63) is 35.5 Å². The molecule has 1 rings (SSSR count). The monoisotopic (exact) mass is 306 g/mol. The van der Waals surface area contributed by atoms with Gasteiger partial charge in [-0.15, -0.1) is 0 Å². The van der Waals surface area contributed by atoms with Gasteiger partial charge in [-0.3, -0.25) is 0 Å². The second-order valence-corrected chi connectivity index (χ2v) is 5.72. The van der Waals surface area contributed by atoms with Crippen LogP contribution in [0.1, 0.15) is 52.9 Å². The average molecular weight is 306 g/mol. The predicted octanol–water partition coefficient (Wildman–Crippen LogP) is 4.19. The Morgan fingerprint density at radius 1 is 1.09 bits per heavy atom. The van der Waals surface area contributed by atoms with Crippen molar-refractivity contribution < 1.29 is 19.8 Å². The first-order valence-corrected chi connectivity index (χ1v) is 8.00. The summed E-state index contributed by atoms with van der Waals surface area (Å²) < 4.78 is 0. The Bertz CT molecular complexity index is 497. The van der Waals surface area contributed by atoms with Gasteiger partial charge in [0.25, 0.3) is 0 Å². The van der Waals surface area contributed by atoms with E-state index in [9.17, 15) is 19.8 Å². The number of aliphatic carboxylic acids is 2. The van der Waals surface area contributed by atoms with Crippen LogP contribution in [0.15, 0.2) is 35.5 Å². The second kappa shape index (κ2) is 7.97. The van der Waals surface area contributed by atoms with Gasteiger partial charge < -0.3 is 10.2 Å². The highest BCUT2D eigenvalue weighted by Gasteiger charge is 2.41. The third-order valence-corrected chi connectivity index (χ3v) is 4.54. The summed E-state index contributed by atoms with van der Waals surface area (Å²) in [5.41, 5.74) is -0.425. The van der Waals surface area contributed by atoms with Gasteiger partial charge in [-0.05, 0) is 30.8 Å². The van der Waals surface area contributed by atoms with Crippen LogP contribution in [-0.4, -0.2) is 22.2 Å². The molecule has 4 nitrogen and oxygen atoms in total. The van der Waals surface area contributed by atoms with Gasteiger partial charge >= 0.3 is 11.9 Å². The molecule has 2 atom stereocenters. The molecular weight excluding hydrogens is 280 g/mol. The number of hydrogen-bond acceptors (Lipinski definition) is 2. The lowest BCUT2D eigenvalue weighted by Gasteiger charge is -2.41. The number of carboxylic acid groups (broad SMARTS) is 2. The largest absolute Gasteiger partial charge is 0.477 e. The van der Waals surface area contributed by atoms with Crippen molar-refractivity contribution in [2.75, 3.05) is 0 Å². The molecule has 0 radical (unpaired) electrons. The van der Waals surface area contributed by atoms with Crippen molar-refractivity contribution in [1.82, 2.24) is 0 Å². The highest BCUT2D eigenvalue weighted by Crippen LogP contribution is 2.48. The van der Waals surface area contributed by atoms with E-state index >= 15 is 0 Å². The van der Waals surface area contributed by atoms with Gasteiger partial charge in [0.1, 0.15) is 5.57 Å². The summed E-state index contributed by atoms with van der Waals surface area (Å²) in [6, 6.07) is 0. The molecule has 2 unspecified atom stereocenters. The normalized spacial score (nSPS) is 23.3. The molecule has 2 N–H and O–H groups in total. The molecular formula is C18H26O4. The first-order chi connectivity index (χ1) is 10.4. The molecule has 0 aromatic rings. The van der Waals surface area contributed by atoms with E-state index < -0.39 is 22.9 Å². The molecule has 0 saturated heterocycles. The molecule has 0 spiro atoms. The van der Waals surface area contributed by atoms with Crippen LogP contribution < -0.4 is 0 Å². The van der Waals surface area contributed by atoms with E-state index in [1.54, 1.807) is 0 Å². The van der Waals surface area contributed by atoms with Crippen molar-refractivity contribution in [2.24, 2.45) is 11.3 Å². The standard InChI is InChI=1S/C18H26O4/c1-4-7-11-18(12-9-8-10-13(18)5-2)14(6-3)15(16(19)20)17(21)22/h8-10,12-13H,4-7,11H2,1-3H3,(H,19,20)(H,21,22). The highest BCUT2D eigenvalue weighted by atomic mass is 16.4. The SMILES string of the molecule is CCCCC1(C(CC)=C(C(=O)O)C(=O)O)C=CC=CC1CC. The van der Waals surface area contributed by atoms with Crippen molar-refractivity contribution in [2.45, 2.75) is 52.9 Å². The van der Waals surface area contributed by atoms with Gasteiger partial charge in [0.15, 0.2) is 0 Å². The number of carbonyl (C=O) groups is 2. The zero-order chi connectivity index (χ0) is 16.8. The Morgan fingerprint density at radius 3 is 2.18 bits per heavy atom. The van der Waals surface area contributed by atoms with Crippen LogP contribution >= 0.6 is 0 Å². The average Bonchev–Trinajstić information content (AvgIpc) is 2.49. The fraction of sp³-hybridized carbons (Fsp3) is 0.556. The molecule has 0 amide bonds. The number of unbranched alkanes of at least 4 members (excludes halogenated alkanes) is 1. The van der Waals surface area contributed by atoms with Gasteiger partial charge in [0.05, 0.1) is 0 Å². The molecule has 0 aliphatic heterocycles. The van der Waals surface area contributed by atoms with Crippen LogP contribution in [0.3, 0.4) is 0 Å². The van der Waals surface area contributed by atoms with Gasteiger partial charge in [0, 0.05) is 5.41 Å². The van der Waals surface area contributed by atoms with Gasteiger partial charge in [-0.2, -0.15) is 0 Å². The van der Waals surface area contributed by atoms with E-state index in [-0.39, 0.29) is 5.92 Å². The van der Waals surface area contributed by atoms with Gasteiger partial charge in [-0.25, -0.2) is 9.59 Å². The third kappa shape index (κ3) is 3.49. The predicted molar refractivity (Wildman–Crippen MR) is 86.6 cm³/mol. The Morgan fingerprint density at radius 2 is 1.73 bits per heavy atom. The topological polar surface area (TPSA) is 74.6 Å². The van der Waals surface area contributed by atoms with Gasteiger partial charge in [0.2, 0.25) is 0 Å². The molecule has 0 saturated carbocycles. The zero-order valence-electron chi connectivity index (χ0n) is 13.6. The molecule has 0 aromatic heterocycles. The van der Waals surface area contributed by atoms with Crippen molar-refractivity contribution in [1.29, 1.82) is 0 Å². The molecule has 0 bridgehead atoms. The van der Waals surface area contributed by atoms with E-state index in [0.717, 1.165) is 25.7 Å². The minimum Gasteiger partial charge on any atom is -0.477 e. The van der Waals surface area contributed by atoms with E-state index in [0.29, 0.717) is 12.0 Å². The molecule has 4 heteroatoms. The molecule has 0 aromatic carbocycles. The number of allylic oxidation sites excluding steroid dienone is 5. The molecule has 122 valence electrons. The fourth-order valence-electron chi connectivity index (χ4n) is 3.52. The summed E-state index contributed by atoms with van der Waals surface area (Å²) in [5.74, 6) is -2.57. The van der Waals surface area contributed by atoms with Crippen LogP contribution in [0.25, 0.3) is 0 Å². The Balaban J connectivity index is 3.56. The maximum absolute atomic E-state index is 11.5. The van der Waals surface area contributed by atoms with Crippen LogP contribution in [-0.2, 0) is 9.59 Å². The minimum absolute atomic E-state index is 0.132. The maximum atomic E-state index is 11.5. The van der Waals surface area contributed by atoms with Crippen LogP contribution in [0.5, 0.6) is 0 Å². The second-order valence-electron chi connectivity index (χ2n) is 5.72. The van der Waals surface area contributed by atoms with Crippen LogP contribution in [0.2, 0.25) is 0 Å². The van der Waals surface area contributed by atoms with Gasteiger partial charge in [-0.1, -0.05) is 57.9 Å². The van der Waals surface area contributed by atoms with Crippen molar-refractivity contribution >= 4 is 11.9 Å². The Labute approximate surface area is 132 Å². The minimum atomic E-state index is -1.35. The number of hydrogen-bond donors (Lipinski definition) is 2. The van der Waals surface area contributed by atoms with E-state index in [4.69, 9.17) is 0 Å². The fourth-order valence-corrected chi connectivity index (χ4v) is 3.52. The Kier molecular flexibility index (Phi) is 6.60.